The first-order valence-corrected chi connectivity index (χ1v) is 11.9. The Morgan fingerprint density at radius 2 is 1.84 bits per heavy atom. The van der Waals surface area contributed by atoms with Gasteiger partial charge in [0.25, 0.3) is 5.91 Å². The summed E-state index contributed by atoms with van der Waals surface area (Å²) < 4.78 is 15.9. The van der Waals surface area contributed by atoms with Gasteiger partial charge in [-0.05, 0) is 39.0 Å². The average Bonchev–Trinajstić information content (AvgIpc) is 3.55. The number of aromatic nitrogens is 1. The molecule has 4 rings (SSSR count). The maximum Gasteiger partial charge on any atom is 0.313 e. The third-order valence-corrected chi connectivity index (χ3v) is 6.18. The molecule has 1 saturated heterocycles. The number of oxazole rings is 1. The van der Waals surface area contributed by atoms with Crippen LogP contribution in [0.4, 0.5) is 5.69 Å². The van der Waals surface area contributed by atoms with Crippen LogP contribution in [0.5, 0.6) is 5.75 Å². The second-order valence-corrected chi connectivity index (χ2v) is 9.53. The van der Waals surface area contributed by atoms with Crippen LogP contribution < -0.4 is 15.4 Å². The third-order valence-electron chi connectivity index (χ3n) is 6.18. The summed E-state index contributed by atoms with van der Waals surface area (Å²) in [6.45, 7) is 8.48. The van der Waals surface area contributed by atoms with Crippen LogP contribution in [0.1, 0.15) is 30.0 Å². The van der Waals surface area contributed by atoms with Crippen molar-refractivity contribution in [3.63, 3.8) is 0 Å². The van der Waals surface area contributed by atoms with Gasteiger partial charge in [-0.1, -0.05) is 0 Å². The first-order valence-electron chi connectivity index (χ1n) is 11.9. The first-order chi connectivity index (χ1) is 17.7. The molecule has 1 aliphatic rings. The fourth-order valence-corrected chi connectivity index (χ4v) is 4.36. The largest absolute Gasteiger partial charge is 0.496 e. The lowest BCUT2D eigenvalue weighted by atomic mass is 10.0. The number of nitrogens with one attached hydrogen (secondary N) is 2. The van der Waals surface area contributed by atoms with E-state index in [0.717, 1.165) is 0 Å². The monoisotopic (exact) mass is 509 g/mol. The van der Waals surface area contributed by atoms with Crippen molar-refractivity contribution in [3.05, 3.63) is 54.4 Å². The molecule has 0 bridgehead atoms. The Labute approximate surface area is 214 Å². The van der Waals surface area contributed by atoms with Crippen LogP contribution in [-0.2, 0) is 9.59 Å². The molecule has 37 heavy (non-hydrogen) atoms. The smallest absolute Gasteiger partial charge is 0.313 e. The highest BCUT2D eigenvalue weighted by molar-refractivity contribution is 6.39. The van der Waals surface area contributed by atoms with Gasteiger partial charge in [-0.25, -0.2) is 4.98 Å². The lowest BCUT2D eigenvalue weighted by Gasteiger charge is -2.39. The predicted molar refractivity (Wildman–Crippen MR) is 135 cm³/mol. The SMILES string of the molecule is COc1cc(NC(=O)C(=O)NC(C)(C)CN2CCN(C(=O)c3ccoc3C)CC2)ccc1-c1cnco1. The van der Waals surface area contributed by atoms with Crippen LogP contribution in [0.25, 0.3) is 11.3 Å². The minimum absolute atomic E-state index is 0.0411. The van der Waals surface area contributed by atoms with Gasteiger partial charge in [0.15, 0.2) is 12.2 Å². The second kappa shape index (κ2) is 10.9. The van der Waals surface area contributed by atoms with Crippen LogP contribution in [0.2, 0.25) is 0 Å². The summed E-state index contributed by atoms with van der Waals surface area (Å²) in [7, 11) is 1.50. The third kappa shape index (κ3) is 6.18. The van der Waals surface area contributed by atoms with E-state index >= 15 is 0 Å². The molecule has 1 aliphatic heterocycles. The molecule has 0 radical (unpaired) electrons. The minimum Gasteiger partial charge on any atom is -0.496 e. The van der Waals surface area contributed by atoms with Gasteiger partial charge >= 0.3 is 11.8 Å². The lowest BCUT2D eigenvalue weighted by Crippen LogP contribution is -2.57. The quantitative estimate of drug-likeness (QED) is 0.465. The van der Waals surface area contributed by atoms with Crippen LogP contribution in [-0.4, -0.2) is 77.9 Å². The maximum absolute atomic E-state index is 12.7. The van der Waals surface area contributed by atoms with Crippen molar-refractivity contribution in [1.82, 2.24) is 20.1 Å². The summed E-state index contributed by atoms with van der Waals surface area (Å²) in [6.07, 6.45) is 4.40. The lowest BCUT2D eigenvalue weighted by molar-refractivity contribution is -0.137. The number of piperazine rings is 1. The molecule has 2 N–H and O–H groups in total. The predicted octanol–water partition coefficient (Wildman–Crippen LogP) is 2.54. The summed E-state index contributed by atoms with van der Waals surface area (Å²) in [4.78, 5) is 45.8. The maximum atomic E-state index is 12.7. The number of amides is 3. The Bertz CT molecular complexity index is 1260. The van der Waals surface area contributed by atoms with Gasteiger partial charge in [0.1, 0.15) is 11.5 Å². The molecule has 1 fully saturated rings. The van der Waals surface area contributed by atoms with Crippen molar-refractivity contribution < 1.29 is 28.0 Å². The molecule has 3 aromatic rings. The van der Waals surface area contributed by atoms with E-state index in [2.05, 4.69) is 20.5 Å². The van der Waals surface area contributed by atoms with E-state index in [-0.39, 0.29) is 5.91 Å². The van der Waals surface area contributed by atoms with Gasteiger partial charge in [-0.15, -0.1) is 0 Å². The van der Waals surface area contributed by atoms with E-state index in [1.165, 1.54) is 19.8 Å². The number of nitrogens with zero attached hydrogens (tertiary/aromatic N) is 3. The molecule has 1 aromatic carbocycles. The van der Waals surface area contributed by atoms with Crippen molar-refractivity contribution in [2.75, 3.05) is 45.2 Å². The van der Waals surface area contributed by atoms with Crippen LogP contribution in [0.3, 0.4) is 0 Å². The average molecular weight is 510 g/mol. The topological polar surface area (TPSA) is 130 Å². The zero-order valence-electron chi connectivity index (χ0n) is 21.4. The number of carbonyl (C=O) groups excluding carboxylic acids is 3. The Morgan fingerprint density at radius 1 is 1.08 bits per heavy atom. The molecule has 0 unspecified atom stereocenters. The number of ether oxygens (including phenoxy) is 1. The Hall–Kier alpha value is -4.12. The van der Waals surface area contributed by atoms with Crippen molar-refractivity contribution in [1.29, 1.82) is 0 Å². The molecule has 196 valence electrons. The number of methoxy groups -OCH3 is 1. The number of aryl methyl sites for hydroxylation is 1. The van der Waals surface area contributed by atoms with Crippen LogP contribution in [0, 0.1) is 6.92 Å². The number of carbonyl (C=O) groups is 3. The Balaban J connectivity index is 1.28. The van der Waals surface area contributed by atoms with Gasteiger partial charge in [-0.2, -0.15) is 0 Å². The highest BCUT2D eigenvalue weighted by Crippen LogP contribution is 2.32. The summed E-state index contributed by atoms with van der Waals surface area (Å²) in [5.41, 5.74) is 0.990. The molecule has 3 amide bonds. The van der Waals surface area contributed by atoms with E-state index < -0.39 is 17.4 Å². The fourth-order valence-electron chi connectivity index (χ4n) is 4.36. The zero-order valence-corrected chi connectivity index (χ0v) is 21.4. The minimum atomic E-state index is -0.784. The molecule has 0 aliphatic carbocycles. The Morgan fingerprint density at radius 3 is 2.46 bits per heavy atom. The molecular formula is C26H31N5O6. The molecule has 3 heterocycles. The van der Waals surface area contributed by atoms with Gasteiger partial charge in [0.2, 0.25) is 0 Å². The summed E-state index contributed by atoms with van der Waals surface area (Å²) in [6, 6.07) is 6.67. The zero-order chi connectivity index (χ0) is 26.6. The van der Waals surface area contributed by atoms with Crippen LogP contribution >= 0.6 is 0 Å². The number of rotatable bonds is 7. The highest BCUT2D eigenvalue weighted by atomic mass is 16.5. The molecule has 11 heteroatoms. The molecular weight excluding hydrogens is 478 g/mol. The van der Waals surface area contributed by atoms with Crippen molar-refractivity contribution in [2.45, 2.75) is 26.3 Å². The summed E-state index contributed by atoms with van der Waals surface area (Å²) >= 11 is 0. The van der Waals surface area contributed by atoms with Gasteiger partial charge in [0.05, 0.1) is 30.7 Å². The standard InChI is InChI=1S/C26H31N5O6/c1-17-19(7-12-36-17)25(34)31-10-8-30(9-11-31)15-26(2,3)29-24(33)23(32)28-18-5-6-20(21(13-18)35-4)22-14-27-16-37-22/h5-7,12-14,16H,8-11,15H2,1-4H3,(H,28,32)(H,29,33). The van der Waals surface area contributed by atoms with Crippen LogP contribution in [0.15, 0.2) is 52.0 Å². The van der Waals surface area contributed by atoms with Gasteiger partial charge in [-0.3, -0.25) is 19.3 Å². The van der Waals surface area contributed by atoms with E-state index in [9.17, 15) is 14.4 Å². The summed E-state index contributed by atoms with van der Waals surface area (Å²) in [5, 5.41) is 5.42. The van der Waals surface area contributed by atoms with Gasteiger partial charge < -0.3 is 29.1 Å². The van der Waals surface area contributed by atoms with E-state index in [0.29, 0.717) is 66.8 Å². The molecule has 11 nitrogen and oxygen atoms in total. The number of hydrogen-bond acceptors (Lipinski definition) is 8. The molecule has 0 atom stereocenters. The second-order valence-electron chi connectivity index (χ2n) is 9.53. The van der Waals surface area contributed by atoms with Gasteiger partial charge in [0, 0.05) is 50.0 Å². The number of hydrogen-bond donors (Lipinski definition) is 2. The molecule has 0 saturated carbocycles. The van der Waals surface area contributed by atoms with Crippen molar-refractivity contribution in [2.24, 2.45) is 0 Å². The number of benzene rings is 1. The highest BCUT2D eigenvalue weighted by Gasteiger charge is 2.30. The molecule has 2 aromatic heterocycles. The van der Waals surface area contributed by atoms with Crippen molar-refractivity contribution in [3.8, 4) is 17.1 Å². The molecule has 0 spiro atoms. The number of furan rings is 1. The Kier molecular flexibility index (Phi) is 7.63. The number of anilines is 1. The first kappa shape index (κ1) is 26.0. The van der Waals surface area contributed by atoms with E-state index in [1.807, 2.05) is 13.8 Å². The van der Waals surface area contributed by atoms with E-state index in [4.69, 9.17) is 13.6 Å². The van der Waals surface area contributed by atoms with E-state index in [1.54, 1.807) is 42.3 Å². The normalized spacial score (nSPS) is 14.3. The summed E-state index contributed by atoms with van der Waals surface area (Å²) in [5.74, 6) is 0.0344. The fraction of sp³-hybridized carbons (Fsp3) is 0.385. The van der Waals surface area contributed by atoms with Crippen molar-refractivity contribution >= 4 is 23.4 Å².